The quantitative estimate of drug-likeness (QED) is 0.198. The Labute approximate surface area is 187 Å². The summed E-state index contributed by atoms with van der Waals surface area (Å²) in [5, 5.41) is 8.71. The minimum atomic E-state index is -0.260. The zero-order valence-electron chi connectivity index (χ0n) is 16.1. The zero-order chi connectivity index (χ0) is 19.6. The molecule has 1 aromatic rings. The molecule has 1 unspecified atom stereocenters. The molecular formula is C21H22BrLiNO4-. The summed E-state index contributed by atoms with van der Waals surface area (Å²) in [6.07, 6.45) is 6.24. The summed E-state index contributed by atoms with van der Waals surface area (Å²) in [7, 11) is 0. The van der Waals surface area contributed by atoms with Crippen molar-refractivity contribution in [1.29, 1.82) is 0 Å². The Morgan fingerprint density at radius 1 is 1.36 bits per heavy atom. The number of aliphatic hydroxyl groups is 1. The molecule has 1 fully saturated rings. The fourth-order valence-corrected chi connectivity index (χ4v) is 2.40. The van der Waals surface area contributed by atoms with Gasteiger partial charge in [-0.15, -0.1) is 0 Å². The van der Waals surface area contributed by atoms with Crippen molar-refractivity contribution in [3.63, 3.8) is 0 Å². The Bertz CT molecular complexity index is 733. The molecule has 0 bridgehead atoms. The van der Waals surface area contributed by atoms with Gasteiger partial charge < -0.3 is 19.3 Å². The van der Waals surface area contributed by atoms with Gasteiger partial charge in [-0.1, -0.05) is 27.6 Å². The van der Waals surface area contributed by atoms with Gasteiger partial charge in [-0.2, -0.15) is 4.48 Å². The molecule has 0 amide bonds. The van der Waals surface area contributed by atoms with E-state index >= 15 is 0 Å². The van der Waals surface area contributed by atoms with E-state index in [1.807, 2.05) is 13.0 Å². The van der Waals surface area contributed by atoms with Crippen molar-refractivity contribution in [3.8, 4) is 17.6 Å². The van der Waals surface area contributed by atoms with Gasteiger partial charge in [0.1, 0.15) is 29.8 Å². The molecule has 28 heavy (non-hydrogen) atoms. The van der Waals surface area contributed by atoms with E-state index in [0.717, 1.165) is 12.8 Å². The first-order chi connectivity index (χ1) is 13.0. The predicted molar refractivity (Wildman–Crippen MR) is 106 cm³/mol. The summed E-state index contributed by atoms with van der Waals surface area (Å²) in [6, 6.07) is 3.63. The molecule has 0 spiro atoms. The molecular weight excluding hydrogens is 417 g/mol. The molecule has 1 aliphatic rings. The van der Waals surface area contributed by atoms with Gasteiger partial charge in [0, 0.05) is 12.8 Å². The van der Waals surface area contributed by atoms with Crippen LogP contribution in [-0.4, -0.2) is 41.6 Å². The Morgan fingerprint density at radius 2 is 2.11 bits per heavy atom. The first-order valence-corrected chi connectivity index (χ1v) is 9.37. The molecule has 1 saturated carbocycles. The summed E-state index contributed by atoms with van der Waals surface area (Å²) in [4.78, 5) is 4.26. The van der Waals surface area contributed by atoms with Crippen LogP contribution in [0.5, 0.6) is 5.75 Å². The van der Waals surface area contributed by atoms with Gasteiger partial charge >= 0.3 is 18.9 Å². The van der Waals surface area contributed by atoms with Crippen LogP contribution in [0.3, 0.4) is 0 Å². The maximum Gasteiger partial charge on any atom is 1.00 e. The summed E-state index contributed by atoms with van der Waals surface area (Å²) in [5.74, 6) is 6.86. The summed E-state index contributed by atoms with van der Waals surface area (Å²) < 4.78 is 17.2. The number of rotatable bonds is 9. The molecule has 7 heteroatoms. The van der Waals surface area contributed by atoms with Crippen LogP contribution >= 0.6 is 15.9 Å². The fourth-order valence-electron chi connectivity index (χ4n) is 2.27. The average molecular weight is 439 g/mol. The van der Waals surface area contributed by atoms with Gasteiger partial charge in [0.2, 0.25) is 0 Å². The number of pyridine rings is 1. The van der Waals surface area contributed by atoms with Crippen LogP contribution in [0, 0.1) is 25.0 Å². The Morgan fingerprint density at radius 3 is 2.71 bits per heavy atom. The van der Waals surface area contributed by atoms with Crippen LogP contribution in [0.25, 0.3) is 0 Å². The van der Waals surface area contributed by atoms with Crippen molar-refractivity contribution in [2.24, 2.45) is 0 Å². The maximum absolute atomic E-state index is 8.71. The van der Waals surface area contributed by atoms with Crippen LogP contribution in [0.15, 0.2) is 40.7 Å². The van der Waals surface area contributed by atoms with Crippen LogP contribution < -0.4 is 23.6 Å². The van der Waals surface area contributed by atoms with Crippen molar-refractivity contribution in [2.75, 3.05) is 13.2 Å². The van der Waals surface area contributed by atoms with E-state index in [-0.39, 0.29) is 50.4 Å². The predicted octanol–water partition coefficient (Wildman–Crippen LogP) is 0.346. The van der Waals surface area contributed by atoms with Crippen molar-refractivity contribution in [3.05, 3.63) is 59.6 Å². The fraction of sp³-hybridized carbons (Fsp3) is 0.381. The number of hydrogen-bond donors (Lipinski definition) is 1. The Balaban J connectivity index is 0.00000392. The Kier molecular flexibility index (Phi) is 11.3. The standard InChI is InChI=1S/C21H22BrNO4.Li/c1-15(22)4-5-17(3)26-20-12-21(13-20)27-19-9-8-18(23-14-19)7-6-16(2)25-11-10-24;/h1,3-5,8-9,14,16,20-21,24H,10-13H2,2H3;/q-2;+1/b5-4-;. The van der Waals surface area contributed by atoms with Crippen LogP contribution in [0.2, 0.25) is 0 Å². The van der Waals surface area contributed by atoms with E-state index in [9.17, 15) is 0 Å². The van der Waals surface area contributed by atoms with Gasteiger partial charge in [0.05, 0.1) is 19.4 Å². The topological polar surface area (TPSA) is 60.8 Å². The van der Waals surface area contributed by atoms with Gasteiger partial charge in [-0.3, -0.25) is 25.3 Å². The molecule has 144 valence electrons. The van der Waals surface area contributed by atoms with E-state index < -0.39 is 0 Å². The van der Waals surface area contributed by atoms with E-state index in [0.29, 0.717) is 21.7 Å². The smallest absolute Gasteiger partial charge is 0.530 e. The van der Waals surface area contributed by atoms with Crippen LogP contribution in [-0.2, 0) is 9.47 Å². The molecule has 0 saturated heterocycles. The Hall–Kier alpha value is -1.47. The number of aliphatic hydroxyl groups excluding tert-OH is 1. The van der Waals surface area contributed by atoms with Gasteiger partial charge in [-0.05, 0) is 25.0 Å². The van der Waals surface area contributed by atoms with E-state index in [1.54, 1.807) is 24.4 Å². The van der Waals surface area contributed by atoms with Gasteiger partial charge in [-0.25, -0.2) is 4.98 Å². The number of nitrogens with zero attached hydrogens (tertiary/aromatic N) is 1. The zero-order valence-corrected chi connectivity index (χ0v) is 17.7. The SMILES string of the molecule is [CH-]=C(Br)/C=C\C(=[CH-])OC1CC(Oc2ccc(C#CC(C)OCCO)nc2)C1.[Li+]. The van der Waals surface area contributed by atoms with E-state index in [2.05, 4.69) is 32.8 Å². The number of ether oxygens (including phenoxy) is 3. The summed E-state index contributed by atoms with van der Waals surface area (Å²) in [5.41, 5.74) is 0.633. The molecule has 2 rings (SSSR count). The van der Waals surface area contributed by atoms with Crippen molar-refractivity contribution >= 4 is 15.9 Å². The second kappa shape index (κ2) is 12.9. The molecule has 5 nitrogen and oxygen atoms in total. The average Bonchev–Trinajstić information content (AvgIpc) is 2.62. The van der Waals surface area contributed by atoms with Gasteiger partial charge in [0.25, 0.3) is 0 Å². The number of halogens is 1. The van der Waals surface area contributed by atoms with Crippen LogP contribution in [0.4, 0.5) is 0 Å². The first-order valence-electron chi connectivity index (χ1n) is 8.58. The largest absolute Gasteiger partial charge is 1.00 e. The molecule has 1 heterocycles. The monoisotopic (exact) mass is 438 g/mol. The van der Waals surface area contributed by atoms with Crippen LogP contribution in [0.1, 0.15) is 25.5 Å². The first kappa shape index (κ1) is 24.6. The molecule has 0 aliphatic heterocycles. The summed E-state index contributed by atoms with van der Waals surface area (Å²) in [6.45, 7) is 13.3. The summed E-state index contributed by atoms with van der Waals surface area (Å²) >= 11 is 3.11. The maximum atomic E-state index is 8.71. The molecule has 0 radical (unpaired) electrons. The van der Waals surface area contributed by atoms with Crippen molar-refractivity contribution in [2.45, 2.75) is 38.1 Å². The molecule has 1 N–H and O–H groups in total. The minimum Gasteiger partial charge on any atom is -0.530 e. The molecule has 1 atom stereocenters. The normalized spacial score (nSPS) is 18.8. The molecule has 1 aromatic heterocycles. The third-order valence-electron chi connectivity index (χ3n) is 3.66. The third-order valence-corrected chi connectivity index (χ3v) is 3.93. The third kappa shape index (κ3) is 9.15. The molecule has 0 aromatic carbocycles. The number of hydrogen-bond acceptors (Lipinski definition) is 5. The minimum absolute atomic E-state index is 0. The molecule has 1 aliphatic carbocycles. The second-order valence-electron chi connectivity index (χ2n) is 5.96. The number of allylic oxidation sites excluding steroid dienone is 3. The second-order valence-corrected chi connectivity index (χ2v) is 6.87. The van der Waals surface area contributed by atoms with E-state index in [4.69, 9.17) is 32.5 Å². The van der Waals surface area contributed by atoms with Crippen molar-refractivity contribution in [1.82, 2.24) is 4.98 Å². The number of aromatic nitrogens is 1. The van der Waals surface area contributed by atoms with E-state index in [1.165, 1.54) is 0 Å². The van der Waals surface area contributed by atoms with Crippen molar-refractivity contribution < 1.29 is 38.2 Å². The van der Waals surface area contributed by atoms with Gasteiger partial charge in [0.15, 0.2) is 0 Å².